The van der Waals surface area contributed by atoms with Crippen LogP contribution in [-0.4, -0.2) is 28.9 Å². The minimum absolute atomic E-state index is 0.105. The lowest BCUT2D eigenvalue weighted by molar-refractivity contribution is -0.134. The van der Waals surface area contributed by atoms with Crippen molar-refractivity contribution in [3.8, 4) is 0 Å². The largest absolute Gasteiger partial charge is 0.342 e. The molecule has 0 radical (unpaired) electrons. The Bertz CT molecular complexity index is 619. The second kappa shape index (κ2) is 7.40. The van der Waals surface area contributed by atoms with Crippen LogP contribution in [0.2, 0.25) is 0 Å². The molecule has 0 saturated carbocycles. The fraction of sp³-hybridized carbons (Fsp3) is 0.400. The van der Waals surface area contributed by atoms with E-state index in [2.05, 4.69) is 28.9 Å². The van der Waals surface area contributed by atoms with Gasteiger partial charge in [0.1, 0.15) is 0 Å². The average Bonchev–Trinajstić information content (AvgIpc) is 2.61. The second-order valence-corrected chi connectivity index (χ2v) is 6.53. The summed E-state index contributed by atoms with van der Waals surface area (Å²) in [4.78, 5) is 19.2. The molecule has 1 aliphatic rings. The highest BCUT2D eigenvalue weighted by molar-refractivity contribution is 5.84. The summed E-state index contributed by atoms with van der Waals surface area (Å²) in [6, 6.07) is 14.2. The first kappa shape index (κ1) is 15.7. The summed E-state index contributed by atoms with van der Waals surface area (Å²) in [6.45, 7) is 4.05. The van der Waals surface area contributed by atoms with Crippen LogP contribution in [0.3, 0.4) is 0 Å². The zero-order valence-corrected chi connectivity index (χ0v) is 13.7. The van der Waals surface area contributed by atoms with Gasteiger partial charge in [0.15, 0.2) is 0 Å². The summed E-state index contributed by atoms with van der Waals surface area (Å²) in [7, 11) is 0. The third-order valence-electron chi connectivity index (χ3n) is 4.78. The molecule has 1 aliphatic heterocycles. The summed E-state index contributed by atoms with van der Waals surface area (Å²) < 4.78 is 0. The van der Waals surface area contributed by atoms with Crippen LogP contribution in [-0.2, 0) is 11.2 Å². The zero-order chi connectivity index (χ0) is 16.1. The lowest BCUT2D eigenvalue weighted by Crippen LogP contribution is -2.41. The highest BCUT2D eigenvalue weighted by Gasteiger charge is 2.28. The van der Waals surface area contributed by atoms with Crippen LogP contribution in [0.15, 0.2) is 54.9 Å². The van der Waals surface area contributed by atoms with Crippen LogP contribution >= 0.6 is 0 Å². The molecule has 0 aliphatic carbocycles. The van der Waals surface area contributed by atoms with Crippen LogP contribution in [0.1, 0.15) is 36.8 Å². The van der Waals surface area contributed by atoms with Gasteiger partial charge in [-0.1, -0.05) is 37.3 Å². The van der Waals surface area contributed by atoms with Gasteiger partial charge >= 0.3 is 0 Å². The number of hydrogen-bond acceptors (Lipinski definition) is 2. The van der Waals surface area contributed by atoms with Crippen LogP contribution in [0.4, 0.5) is 0 Å². The summed E-state index contributed by atoms with van der Waals surface area (Å²) in [5.74, 6) is 0.890. The van der Waals surface area contributed by atoms with Gasteiger partial charge in [0.05, 0.1) is 5.92 Å². The Labute approximate surface area is 138 Å². The quantitative estimate of drug-likeness (QED) is 0.863. The number of likely N-dealkylation sites (tertiary alicyclic amines) is 1. The number of rotatable bonds is 4. The number of benzene rings is 1. The number of amides is 1. The Hall–Kier alpha value is -2.16. The van der Waals surface area contributed by atoms with Gasteiger partial charge in [0.25, 0.3) is 0 Å². The molecule has 3 heteroatoms. The van der Waals surface area contributed by atoms with Gasteiger partial charge in [0.2, 0.25) is 5.91 Å². The topological polar surface area (TPSA) is 33.2 Å². The normalized spacial score (nSPS) is 17.0. The Balaban J connectivity index is 1.81. The minimum Gasteiger partial charge on any atom is -0.342 e. The Morgan fingerprint density at radius 2 is 1.78 bits per heavy atom. The molecule has 23 heavy (non-hydrogen) atoms. The molecule has 1 unspecified atom stereocenters. The fourth-order valence-electron chi connectivity index (χ4n) is 3.24. The number of carbonyl (C=O) groups excluding carboxylic acids is 1. The van der Waals surface area contributed by atoms with E-state index in [4.69, 9.17) is 0 Å². The first-order valence-corrected chi connectivity index (χ1v) is 8.46. The van der Waals surface area contributed by atoms with Crippen molar-refractivity contribution in [1.29, 1.82) is 0 Å². The van der Waals surface area contributed by atoms with E-state index >= 15 is 0 Å². The minimum atomic E-state index is -0.105. The van der Waals surface area contributed by atoms with Crippen molar-refractivity contribution in [3.63, 3.8) is 0 Å². The molecular formula is C20H24N2O. The van der Waals surface area contributed by atoms with E-state index < -0.39 is 0 Å². The van der Waals surface area contributed by atoms with Gasteiger partial charge in [-0.05, 0) is 48.4 Å². The maximum Gasteiger partial charge on any atom is 0.230 e. The smallest absolute Gasteiger partial charge is 0.230 e. The van der Waals surface area contributed by atoms with E-state index in [0.29, 0.717) is 0 Å². The number of nitrogens with zero attached hydrogens (tertiary/aromatic N) is 2. The van der Waals surface area contributed by atoms with Crippen molar-refractivity contribution in [1.82, 2.24) is 9.88 Å². The summed E-state index contributed by atoms with van der Waals surface area (Å²) >= 11 is 0. The maximum absolute atomic E-state index is 13.1. The van der Waals surface area contributed by atoms with Crippen molar-refractivity contribution < 1.29 is 4.79 Å². The molecule has 1 atom stereocenters. The van der Waals surface area contributed by atoms with E-state index in [0.717, 1.165) is 49.4 Å². The standard InChI is InChI=1S/C20H24N2O/c1-16-9-13-22(14-10-16)20(23)19(18-5-3-2-4-6-18)15-17-7-11-21-12-8-17/h2-8,11-12,16,19H,9-10,13-15H2,1H3. The molecular weight excluding hydrogens is 284 g/mol. The molecule has 3 nitrogen and oxygen atoms in total. The highest BCUT2D eigenvalue weighted by Crippen LogP contribution is 2.26. The molecule has 120 valence electrons. The van der Waals surface area contributed by atoms with E-state index in [-0.39, 0.29) is 11.8 Å². The van der Waals surface area contributed by atoms with Gasteiger partial charge in [-0.3, -0.25) is 9.78 Å². The van der Waals surface area contributed by atoms with Crippen molar-refractivity contribution in [2.45, 2.75) is 32.1 Å². The van der Waals surface area contributed by atoms with E-state index in [1.807, 2.05) is 30.3 Å². The first-order chi connectivity index (χ1) is 11.2. The van der Waals surface area contributed by atoms with Crippen LogP contribution in [0.5, 0.6) is 0 Å². The lowest BCUT2D eigenvalue weighted by Gasteiger charge is -2.33. The summed E-state index contributed by atoms with van der Waals surface area (Å²) in [6.07, 6.45) is 6.55. The molecule has 0 bridgehead atoms. The van der Waals surface area contributed by atoms with Crippen molar-refractivity contribution in [2.24, 2.45) is 5.92 Å². The SMILES string of the molecule is CC1CCN(C(=O)C(Cc2ccncc2)c2ccccc2)CC1. The molecule has 1 saturated heterocycles. The third kappa shape index (κ3) is 3.98. The van der Waals surface area contributed by atoms with Crippen LogP contribution in [0.25, 0.3) is 0 Å². The van der Waals surface area contributed by atoms with Gasteiger partial charge in [-0.25, -0.2) is 0 Å². The number of pyridine rings is 1. The zero-order valence-electron chi connectivity index (χ0n) is 13.7. The molecule has 2 heterocycles. The molecule has 3 rings (SSSR count). The van der Waals surface area contributed by atoms with Crippen molar-refractivity contribution in [3.05, 3.63) is 66.0 Å². The molecule has 2 aromatic rings. The van der Waals surface area contributed by atoms with Gasteiger partial charge < -0.3 is 4.90 Å². The van der Waals surface area contributed by atoms with Gasteiger partial charge in [0, 0.05) is 25.5 Å². The van der Waals surface area contributed by atoms with Crippen molar-refractivity contribution >= 4 is 5.91 Å². The summed E-state index contributed by atoms with van der Waals surface area (Å²) in [5, 5.41) is 0. The number of carbonyl (C=O) groups is 1. The van der Waals surface area contributed by atoms with E-state index in [1.165, 1.54) is 0 Å². The molecule has 1 amide bonds. The average molecular weight is 308 g/mol. The lowest BCUT2D eigenvalue weighted by atomic mass is 9.89. The Morgan fingerprint density at radius 3 is 2.43 bits per heavy atom. The second-order valence-electron chi connectivity index (χ2n) is 6.53. The Morgan fingerprint density at radius 1 is 1.13 bits per heavy atom. The van der Waals surface area contributed by atoms with Crippen molar-refractivity contribution in [2.75, 3.05) is 13.1 Å². The fourth-order valence-corrected chi connectivity index (χ4v) is 3.24. The monoisotopic (exact) mass is 308 g/mol. The van der Waals surface area contributed by atoms with Crippen LogP contribution < -0.4 is 0 Å². The molecule has 1 aromatic heterocycles. The third-order valence-corrected chi connectivity index (χ3v) is 4.78. The predicted molar refractivity (Wildman–Crippen MR) is 92.1 cm³/mol. The van der Waals surface area contributed by atoms with Gasteiger partial charge in [-0.2, -0.15) is 0 Å². The number of aromatic nitrogens is 1. The molecule has 0 spiro atoms. The van der Waals surface area contributed by atoms with E-state index in [9.17, 15) is 4.79 Å². The number of hydrogen-bond donors (Lipinski definition) is 0. The molecule has 1 aromatic carbocycles. The first-order valence-electron chi connectivity index (χ1n) is 8.46. The Kier molecular flexibility index (Phi) is 5.06. The number of piperidine rings is 1. The van der Waals surface area contributed by atoms with Crippen LogP contribution in [0, 0.1) is 5.92 Å². The van der Waals surface area contributed by atoms with E-state index in [1.54, 1.807) is 12.4 Å². The molecule has 1 fully saturated rings. The van der Waals surface area contributed by atoms with Gasteiger partial charge in [-0.15, -0.1) is 0 Å². The highest BCUT2D eigenvalue weighted by atomic mass is 16.2. The maximum atomic E-state index is 13.1. The summed E-state index contributed by atoms with van der Waals surface area (Å²) in [5.41, 5.74) is 2.26. The molecule has 0 N–H and O–H groups in total. The predicted octanol–water partition coefficient (Wildman–Crippen LogP) is 3.67.